The van der Waals surface area contributed by atoms with Crippen LogP contribution in [0.15, 0.2) is 28.2 Å². The van der Waals surface area contributed by atoms with E-state index >= 15 is 0 Å². The Labute approximate surface area is 209 Å². The Morgan fingerprint density at radius 2 is 1.71 bits per heavy atom. The molecule has 194 valence electrons. The summed E-state index contributed by atoms with van der Waals surface area (Å²) in [6.07, 6.45) is 3.18. The van der Waals surface area contributed by atoms with E-state index in [4.69, 9.17) is 9.47 Å². The van der Waals surface area contributed by atoms with Crippen LogP contribution in [0.25, 0.3) is 0 Å². The normalized spacial score (nSPS) is 13.8. The maximum Gasteiger partial charge on any atom is 0.407 e. The number of thioether (sulfide) groups is 1. The number of carbonyl (C=O) groups excluding carboxylic acids is 3. The molecule has 0 aliphatic heterocycles. The van der Waals surface area contributed by atoms with Crippen molar-refractivity contribution < 1.29 is 23.9 Å². The molecule has 0 spiro atoms. The minimum absolute atomic E-state index is 0.0763. The first-order valence-corrected chi connectivity index (χ1v) is 12.4. The van der Waals surface area contributed by atoms with Crippen molar-refractivity contribution >= 4 is 35.3 Å². The van der Waals surface area contributed by atoms with Crippen LogP contribution in [0.3, 0.4) is 0 Å². The van der Waals surface area contributed by atoms with E-state index < -0.39 is 23.3 Å². The molecule has 0 saturated carbocycles. The van der Waals surface area contributed by atoms with Crippen molar-refractivity contribution in [1.82, 2.24) is 10.6 Å². The third-order valence-electron chi connectivity index (χ3n) is 4.56. The average molecular weight is 498 g/mol. The second-order valence-electron chi connectivity index (χ2n) is 9.66. The zero-order chi connectivity index (χ0) is 26.5. The zero-order valence-electron chi connectivity index (χ0n) is 22.3. The number of methoxy groups -OCH3 is 1. The summed E-state index contributed by atoms with van der Waals surface area (Å²) >= 11 is 1.41. The largest absolute Gasteiger partial charge is 0.444 e. The zero-order valence-corrected chi connectivity index (χ0v) is 23.1. The van der Waals surface area contributed by atoms with E-state index in [-0.39, 0.29) is 17.4 Å². The van der Waals surface area contributed by atoms with Gasteiger partial charge in [0.25, 0.3) is 5.91 Å². The molecule has 8 nitrogen and oxygen atoms in total. The molecule has 0 aliphatic carbocycles. The number of amides is 2. The van der Waals surface area contributed by atoms with Crippen molar-refractivity contribution in [3.8, 4) is 0 Å². The van der Waals surface area contributed by atoms with Gasteiger partial charge in [0, 0.05) is 25.1 Å². The first kappa shape index (κ1) is 31.9. The van der Waals surface area contributed by atoms with Crippen molar-refractivity contribution in [2.75, 3.05) is 19.4 Å². The fourth-order valence-electron chi connectivity index (χ4n) is 2.67. The number of hydrogen-bond donors (Lipinski definition) is 2. The molecule has 2 amide bonds. The van der Waals surface area contributed by atoms with Gasteiger partial charge in [-0.25, -0.2) is 4.79 Å². The van der Waals surface area contributed by atoms with E-state index in [1.165, 1.54) is 18.9 Å². The van der Waals surface area contributed by atoms with Gasteiger partial charge in [0.1, 0.15) is 11.2 Å². The molecule has 0 fully saturated rings. The molecule has 9 heteroatoms. The second kappa shape index (κ2) is 15.0. The third kappa shape index (κ3) is 14.9. The van der Waals surface area contributed by atoms with Gasteiger partial charge in [0.05, 0.1) is 11.8 Å². The number of ether oxygens (including phenoxy) is 2. The number of nitrogens with zero attached hydrogens (tertiary/aromatic N) is 1. The summed E-state index contributed by atoms with van der Waals surface area (Å²) in [5, 5.41) is 5.54. The van der Waals surface area contributed by atoms with Crippen LogP contribution in [-0.4, -0.2) is 60.1 Å². The van der Waals surface area contributed by atoms with Crippen LogP contribution in [0, 0.1) is 0 Å². The van der Waals surface area contributed by atoms with Gasteiger partial charge in [0.2, 0.25) is 0 Å². The van der Waals surface area contributed by atoms with Gasteiger partial charge in [-0.1, -0.05) is 6.58 Å². The Bertz CT molecular complexity index is 782. The minimum Gasteiger partial charge on any atom is -0.444 e. The first-order valence-electron chi connectivity index (χ1n) is 11.4. The molecule has 0 saturated heterocycles. The van der Waals surface area contributed by atoms with Gasteiger partial charge in [0.15, 0.2) is 5.78 Å². The van der Waals surface area contributed by atoms with Crippen molar-refractivity contribution in [3.05, 3.63) is 23.3 Å². The van der Waals surface area contributed by atoms with Gasteiger partial charge >= 0.3 is 6.09 Å². The van der Waals surface area contributed by atoms with Gasteiger partial charge in [-0.3, -0.25) is 14.6 Å². The smallest absolute Gasteiger partial charge is 0.407 e. The van der Waals surface area contributed by atoms with Gasteiger partial charge < -0.3 is 20.1 Å². The van der Waals surface area contributed by atoms with Gasteiger partial charge in [-0.15, -0.1) is 11.8 Å². The molecule has 0 radical (unpaired) electrons. The highest BCUT2D eigenvalue weighted by Gasteiger charge is 2.31. The summed E-state index contributed by atoms with van der Waals surface area (Å²) in [6, 6.07) is -0.645. The Morgan fingerprint density at radius 1 is 1.09 bits per heavy atom. The Balaban J connectivity index is 4.98. The molecule has 0 aromatic rings. The first-order chi connectivity index (χ1) is 15.6. The number of carbonyl (C=O) groups is 3. The number of aliphatic imine (C=N–C) groups is 1. The molecular weight excluding hydrogens is 454 g/mol. The highest BCUT2D eigenvalue weighted by atomic mass is 32.2. The average Bonchev–Trinajstić information content (AvgIpc) is 2.68. The lowest BCUT2D eigenvalue weighted by molar-refractivity contribution is -0.141. The van der Waals surface area contributed by atoms with E-state index in [1.54, 1.807) is 34.6 Å². The molecule has 0 aliphatic rings. The number of unbranched alkanes of at least 4 members (excludes halogenated alkanes) is 1. The van der Waals surface area contributed by atoms with Crippen molar-refractivity contribution in [3.63, 3.8) is 0 Å². The summed E-state index contributed by atoms with van der Waals surface area (Å²) < 4.78 is 10.5. The molecule has 0 aromatic carbocycles. The van der Waals surface area contributed by atoms with Gasteiger partial charge in [-0.2, -0.15) is 0 Å². The SMILES string of the molecule is C=C(C)/N=C(C)\C=C(/C)SCC(=O)[C@H](CCCCNC(=O)OC(C)(C)C)NC(=O)C(C)(C)OC. The maximum atomic E-state index is 13.0. The predicted molar refractivity (Wildman–Crippen MR) is 140 cm³/mol. The van der Waals surface area contributed by atoms with Crippen LogP contribution in [-0.2, 0) is 19.1 Å². The van der Waals surface area contributed by atoms with Crippen LogP contribution in [0.1, 0.15) is 74.7 Å². The maximum absolute atomic E-state index is 13.0. The van der Waals surface area contributed by atoms with E-state index in [1.807, 2.05) is 26.8 Å². The Kier molecular flexibility index (Phi) is 14.0. The van der Waals surface area contributed by atoms with Crippen LogP contribution in [0.4, 0.5) is 4.79 Å². The number of allylic oxidation sites excluding steroid dienone is 3. The lowest BCUT2D eigenvalue weighted by atomic mass is 10.0. The number of ketones is 1. The summed E-state index contributed by atoms with van der Waals surface area (Å²) in [4.78, 5) is 42.5. The van der Waals surface area contributed by atoms with Crippen LogP contribution in [0.2, 0.25) is 0 Å². The van der Waals surface area contributed by atoms with E-state index in [2.05, 4.69) is 22.2 Å². The lowest BCUT2D eigenvalue weighted by Gasteiger charge is -2.26. The van der Waals surface area contributed by atoms with Crippen LogP contribution < -0.4 is 10.6 Å². The highest BCUT2D eigenvalue weighted by Crippen LogP contribution is 2.18. The van der Waals surface area contributed by atoms with Gasteiger partial charge in [-0.05, 0) is 85.6 Å². The Hall–Kier alpha value is -2.13. The molecule has 0 aromatic heterocycles. The van der Waals surface area contributed by atoms with E-state index in [9.17, 15) is 14.4 Å². The molecule has 34 heavy (non-hydrogen) atoms. The molecule has 2 N–H and O–H groups in total. The second-order valence-corrected chi connectivity index (χ2v) is 10.9. The van der Waals surface area contributed by atoms with Crippen molar-refractivity contribution in [1.29, 1.82) is 0 Å². The van der Waals surface area contributed by atoms with E-state index in [0.29, 0.717) is 31.5 Å². The number of hydrogen-bond acceptors (Lipinski definition) is 7. The molecule has 0 rings (SSSR count). The van der Waals surface area contributed by atoms with Crippen molar-refractivity contribution in [2.45, 2.75) is 91.9 Å². The third-order valence-corrected chi connectivity index (χ3v) is 5.56. The van der Waals surface area contributed by atoms with Crippen LogP contribution >= 0.6 is 11.8 Å². The minimum atomic E-state index is -1.05. The fourth-order valence-corrected chi connectivity index (χ4v) is 3.50. The molecule has 0 heterocycles. The predicted octanol–water partition coefficient (Wildman–Crippen LogP) is 4.79. The van der Waals surface area contributed by atoms with Crippen molar-refractivity contribution in [2.24, 2.45) is 4.99 Å². The molecule has 0 bridgehead atoms. The summed E-state index contributed by atoms with van der Waals surface area (Å²) in [7, 11) is 1.46. The number of rotatable bonds is 14. The quantitative estimate of drug-likeness (QED) is 0.264. The van der Waals surface area contributed by atoms with E-state index in [0.717, 1.165) is 10.6 Å². The number of Topliss-reactive ketones (excluding diaryl/α,β-unsaturated/α-hetero) is 1. The standard InChI is InChI=1S/C25H43N3O5S/c1-17(2)27-18(3)15-19(4)34-16-21(29)20(28-22(30)25(8,9)32-10)13-11-12-14-26-23(31)33-24(5,6)7/h15,20H,1,11-14,16H2,2-10H3,(H,26,31)(H,28,30)/b19-15+,27-18-/t20-/m0/s1. The molecule has 0 unspecified atom stereocenters. The lowest BCUT2D eigenvalue weighted by Crippen LogP contribution is -2.50. The summed E-state index contributed by atoms with van der Waals surface area (Å²) in [5.41, 5.74) is -0.0730. The Morgan fingerprint density at radius 3 is 2.24 bits per heavy atom. The fraction of sp³-hybridized carbons (Fsp3) is 0.680. The molecule has 1 atom stereocenters. The number of alkyl carbamates (subject to hydrolysis) is 1. The summed E-state index contributed by atoms with van der Waals surface area (Å²) in [6.45, 7) is 18.5. The topological polar surface area (TPSA) is 106 Å². The highest BCUT2D eigenvalue weighted by molar-refractivity contribution is 8.03. The summed E-state index contributed by atoms with van der Waals surface area (Å²) in [5.74, 6) is -0.202. The van der Waals surface area contributed by atoms with Crippen LogP contribution in [0.5, 0.6) is 0 Å². The monoisotopic (exact) mass is 497 g/mol. The number of nitrogens with one attached hydrogen (secondary N) is 2. The molecular formula is C25H43N3O5S.